The highest BCUT2D eigenvalue weighted by molar-refractivity contribution is 5.85. The van der Waals surface area contributed by atoms with E-state index in [2.05, 4.69) is 12.2 Å². The third kappa shape index (κ3) is 1.74. The van der Waals surface area contributed by atoms with Gasteiger partial charge in [-0.25, -0.2) is 0 Å². The predicted octanol–water partition coefficient (Wildman–Crippen LogP) is 0.478. The van der Waals surface area contributed by atoms with Gasteiger partial charge in [0.25, 0.3) is 5.91 Å². The zero-order valence-electron chi connectivity index (χ0n) is 10.6. The van der Waals surface area contributed by atoms with Gasteiger partial charge >= 0.3 is 0 Å². The van der Waals surface area contributed by atoms with Gasteiger partial charge in [-0.1, -0.05) is 0 Å². The number of rotatable bonds is 2. The summed E-state index contributed by atoms with van der Waals surface area (Å²) in [5.74, 6) is 1.38. The molecular formula is C12H22N2O2. The summed E-state index contributed by atoms with van der Waals surface area (Å²) in [6.07, 6.45) is 0. The maximum absolute atomic E-state index is 12.3. The van der Waals surface area contributed by atoms with Crippen LogP contribution in [-0.4, -0.2) is 49.2 Å². The van der Waals surface area contributed by atoms with Crippen LogP contribution in [0.25, 0.3) is 0 Å². The van der Waals surface area contributed by atoms with Crippen molar-refractivity contribution in [2.45, 2.75) is 32.4 Å². The lowest BCUT2D eigenvalue weighted by atomic mass is 9.95. The molecule has 2 aliphatic heterocycles. The van der Waals surface area contributed by atoms with Crippen LogP contribution in [0.5, 0.6) is 0 Å². The van der Waals surface area contributed by atoms with Crippen LogP contribution in [0, 0.1) is 11.8 Å². The Morgan fingerprint density at radius 2 is 2.12 bits per heavy atom. The SMILES string of the molecule is COC(C)(C)C(=O)N1CC2CNCC2C1C. The van der Waals surface area contributed by atoms with Crippen molar-refractivity contribution < 1.29 is 9.53 Å². The van der Waals surface area contributed by atoms with E-state index in [0.717, 1.165) is 19.6 Å². The van der Waals surface area contributed by atoms with Gasteiger partial charge in [0.2, 0.25) is 0 Å². The van der Waals surface area contributed by atoms with E-state index in [1.165, 1.54) is 0 Å². The van der Waals surface area contributed by atoms with Crippen molar-refractivity contribution in [3.05, 3.63) is 0 Å². The van der Waals surface area contributed by atoms with Crippen LogP contribution in [0.15, 0.2) is 0 Å². The fourth-order valence-corrected chi connectivity index (χ4v) is 2.87. The highest BCUT2D eigenvalue weighted by Crippen LogP contribution is 2.33. The third-order valence-electron chi connectivity index (χ3n) is 4.22. The molecule has 0 radical (unpaired) electrons. The average Bonchev–Trinajstić information content (AvgIpc) is 2.81. The minimum absolute atomic E-state index is 0.122. The van der Waals surface area contributed by atoms with Gasteiger partial charge in [-0.05, 0) is 32.6 Å². The quantitative estimate of drug-likeness (QED) is 0.744. The Balaban J connectivity index is 2.09. The maximum atomic E-state index is 12.3. The van der Waals surface area contributed by atoms with E-state index in [1.807, 2.05) is 18.7 Å². The molecule has 0 spiro atoms. The Morgan fingerprint density at radius 3 is 2.69 bits per heavy atom. The van der Waals surface area contributed by atoms with Crippen molar-refractivity contribution in [2.75, 3.05) is 26.7 Å². The van der Waals surface area contributed by atoms with Crippen molar-refractivity contribution in [3.8, 4) is 0 Å². The van der Waals surface area contributed by atoms with Crippen molar-refractivity contribution in [1.29, 1.82) is 0 Å². The van der Waals surface area contributed by atoms with Crippen LogP contribution in [0.2, 0.25) is 0 Å². The summed E-state index contributed by atoms with van der Waals surface area (Å²) >= 11 is 0. The van der Waals surface area contributed by atoms with Gasteiger partial charge in [0, 0.05) is 32.8 Å². The summed E-state index contributed by atoms with van der Waals surface area (Å²) in [5.41, 5.74) is -0.694. The molecule has 2 saturated heterocycles. The number of hydrogen-bond donors (Lipinski definition) is 1. The van der Waals surface area contributed by atoms with Crippen LogP contribution in [-0.2, 0) is 9.53 Å². The van der Waals surface area contributed by atoms with E-state index in [1.54, 1.807) is 7.11 Å². The molecule has 4 nitrogen and oxygen atoms in total. The molecular weight excluding hydrogens is 204 g/mol. The Hall–Kier alpha value is -0.610. The second kappa shape index (κ2) is 4.00. The molecule has 92 valence electrons. The lowest BCUT2D eigenvalue weighted by Gasteiger charge is -2.32. The number of nitrogens with one attached hydrogen (secondary N) is 1. The van der Waals surface area contributed by atoms with Gasteiger partial charge in [-0.2, -0.15) is 0 Å². The lowest BCUT2D eigenvalue weighted by Crippen LogP contribution is -2.49. The number of methoxy groups -OCH3 is 1. The molecule has 16 heavy (non-hydrogen) atoms. The summed E-state index contributed by atoms with van der Waals surface area (Å²) in [5, 5.41) is 3.40. The molecule has 0 aromatic rings. The number of ether oxygens (including phenoxy) is 1. The molecule has 1 N–H and O–H groups in total. The van der Waals surface area contributed by atoms with Crippen molar-refractivity contribution in [1.82, 2.24) is 10.2 Å². The summed E-state index contributed by atoms with van der Waals surface area (Å²) in [7, 11) is 1.60. The van der Waals surface area contributed by atoms with Crippen LogP contribution in [0.1, 0.15) is 20.8 Å². The predicted molar refractivity (Wildman–Crippen MR) is 62.1 cm³/mol. The van der Waals surface area contributed by atoms with E-state index in [-0.39, 0.29) is 5.91 Å². The number of amides is 1. The molecule has 1 amide bonds. The first kappa shape index (κ1) is 11.9. The summed E-state index contributed by atoms with van der Waals surface area (Å²) in [4.78, 5) is 14.3. The van der Waals surface area contributed by atoms with Gasteiger partial charge in [0.05, 0.1) is 0 Å². The van der Waals surface area contributed by atoms with Crippen LogP contribution in [0.4, 0.5) is 0 Å². The zero-order valence-corrected chi connectivity index (χ0v) is 10.6. The maximum Gasteiger partial charge on any atom is 0.254 e. The number of carbonyl (C=O) groups is 1. The van der Waals surface area contributed by atoms with Gasteiger partial charge in [0.15, 0.2) is 0 Å². The fourth-order valence-electron chi connectivity index (χ4n) is 2.87. The fraction of sp³-hybridized carbons (Fsp3) is 0.917. The first-order valence-electron chi connectivity index (χ1n) is 6.04. The minimum Gasteiger partial charge on any atom is -0.369 e. The lowest BCUT2D eigenvalue weighted by molar-refractivity contribution is -0.152. The molecule has 0 bridgehead atoms. The van der Waals surface area contributed by atoms with Crippen LogP contribution >= 0.6 is 0 Å². The number of carbonyl (C=O) groups excluding carboxylic acids is 1. The average molecular weight is 226 g/mol. The Labute approximate surface area is 97.3 Å². The van der Waals surface area contributed by atoms with Gasteiger partial charge in [-0.15, -0.1) is 0 Å². The van der Waals surface area contributed by atoms with E-state index in [4.69, 9.17) is 4.74 Å². The van der Waals surface area contributed by atoms with Gasteiger partial charge in [0.1, 0.15) is 5.60 Å². The smallest absolute Gasteiger partial charge is 0.254 e. The molecule has 0 saturated carbocycles. The van der Waals surface area contributed by atoms with Crippen molar-refractivity contribution >= 4 is 5.91 Å². The zero-order chi connectivity index (χ0) is 11.9. The molecule has 0 aromatic heterocycles. The molecule has 4 heteroatoms. The molecule has 3 unspecified atom stereocenters. The Bertz CT molecular complexity index is 291. The minimum atomic E-state index is -0.694. The molecule has 2 aliphatic rings. The summed E-state index contributed by atoms with van der Waals surface area (Å²) < 4.78 is 5.28. The van der Waals surface area contributed by atoms with E-state index >= 15 is 0 Å². The topological polar surface area (TPSA) is 41.6 Å². The van der Waals surface area contributed by atoms with Crippen LogP contribution < -0.4 is 5.32 Å². The number of likely N-dealkylation sites (tertiary alicyclic amines) is 1. The molecule has 2 rings (SSSR count). The van der Waals surface area contributed by atoms with E-state index in [0.29, 0.717) is 17.9 Å². The highest BCUT2D eigenvalue weighted by atomic mass is 16.5. The Kier molecular flexibility index (Phi) is 2.97. The molecule has 0 aliphatic carbocycles. The van der Waals surface area contributed by atoms with Crippen LogP contribution in [0.3, 0.4) is 0 Å². The van der Waals surface area contributed by atoms with Crippen molar-refractivity contribution in [2.24, 2.45) is 11.8 Å². The summed E-state index contributed by atoms with van der Waals surface area (Å²) in [6.45, 7) is 8.81. The van der Waals surface area contributed by atoms with Gasteiger partial charge in [-0.3, -0.25) is 4.79 Å². The second-order valence-corrected chi connectivity index (χ2v) is 5.49. The monoisotopic (exact) mass is 226 g/mol. The Morgan fingerprint density at radius 1 is 1.44 bits per heavy atom. The van der Waals surface area contributed by atoms with Crippen molar-refractivity contribution in [3.63, 3.8) is 0 Å². The second-order valence-electron chi connectivity index (χ2n) is 5.49. The highest BCUT2D eigenvalue weighted by Gasteiger charge is 2.46. The van der Waals surface area contributed by atoms with E-state index in [9.17, 15) is 4.79 Å². The summed E-state index contributed by atoms with van der Waals surface area (Å²) in [6, 6.07) is 0.335. The number of hydrogen-bond acceptors (Lipinski definition) is 3. The third-order valence-corrected chi connectivity index (χ3v) is 4.22. The molecule has 3 atom stereocenters. The normalized spacial score (nSPS) is 34.2. The molecule has 0 aromatic carbocycles. The van der Waals surface area contributed by atoms with E-state index < -0.39 is 5.60 Å². The first-order valence-corrected chi connectivity index (χ1v) is 6.04. The first-order chi connectivity index (χ1) is 7.47. The number of nitrogens with zero attached hydrogens (tertiary/aromatic N) is 1. The largest absolute Gasteiger partial charge is 0.369 e. The standard InChI is InChI=1S/C12H22N2O2/c1-8-10-6-13-5-9(10)7-14(8)11(15)12(2,3)16-4/h8-10,13H,5-7H2,1-4H3. The molecule has 2 fully saturated rings. The van der Waals surface area contributed by atoms with Gasteiger partial charge < -0.3 is 15.0 Å². The number of fused-ring (bicyclic) bond motifs is 1. The molecule has 2 heterocycles.